The first-order valence-corrected chi connectivity index (χ1v) is 7.22. The fourth-order valence-corrected chi connectivity index (χ4v) is 3.48. The van der Waals surface area contributed by atoms with Crippen molar-refractivity contribution >= 4 is 33.3 Å². The highest BCUT2D eigenvalue weighted by Crippen LogP contribution is 2.22. The van der Waals surface area contributed by atoms with Crippen LogP contribution in [0.2, 0.25) is 0 Å². The summed E-state index contributed by atoms with van der Waals surface area (Å²) in [6, 6.07) is 1.19. The van der Waals surface area contributed by atoms with Crippen molar-refractivity contribution in [3.05, 3.63) is 16.3 Å². The number of hydrogen-bond acceptors (Lipinski definition) is 7. The average Bonchev–Trinajstić information content (AvgIpc) is 2.84. The van der Waals surface area contributed by atoms with Crippen LogP contribution in [0.5, 0.6) is 0 Å². The molecule has 0 aromatic carbocycles. The lowest BCUT2D eigenvalue weighted by Crippen LogP contribution is -2.36. The SMILES string of the molecule is COC(=O)c1sccc1S(=O)(=O)NCC(O)C(=O)O. The number of carbonyl (C=O) groups excluding carboxylic acids is 1. The molecule has 1 aromatic heterocycles. The molecular formula is C9H11NO7S2. The summed E-state index contributed by atoms with van der Waals surface area (Å²) < 4.78 is 30.0. The third-order valence-corrected chi connectivity index (χ3v) is 4.53. The molecule has 0 radical (unpaired) electrons. The fourth-order valence-electron chi connectivity index (χ4n) is 1.10. The third-order valence-electron chi connectivity index (χ3n) is 2.04. The Morgan fingerprint density at radius 1 is 1.53 bits per heavy atom. The number of ether oxygens (including phenoxy) is 1. The van der Waals surface area contributed by atoms with Crippen LogP contribution in [-0.2, 0) is 19.6 Å². The number of aliphatic hydroxyl groups excluding tert-OH is 1. The number of rotatable bonds is 6. The van der Waals surface area contributed by atoms with Crippen molar-refractivity contribution in [1.82, 2.24) is 4.72 Å². The van der Waals surface area contributed by atoms with Crippen molar-refractivity contribution in [1.29, 1.82) is 0 Å². The molecule has 8 nitrogen and oxygen atoms in total. The molecule has 0 aliphatic rings. The van der Waals surface area contributed by atoms with Crippen molar-refractivity contribution in [2.75, 3.05) is 13.7 Å². The molecule has 0 bridgehead atoms. The number of nitrogens with one attached hydrogen (secondary N) is 1. The molecule has 0 spiro atoms. The first kappa shape index (κ1) is 15.6. The number of methoxy groups -OCH3 is 1. The van der Waals surface area contributed by atoms with E-state index in [0.29, 0.717) is 0 Å². The van der Waals surface area contributed by atoms with Crippen LogP contribution < -0.4 is 4.72 Å². The van der Waals surface area contributed by atoms with Gasteiger partial charge in [0.05, 0.1) is 7.11 Å². The normalized spacial score (nSPS) is 12.9. The first-order valence-electron chi connectivity index (χ1n) is 4.86. The Bertz CT molecular complexity index is 577. The van der Waals surface area contributed by atoms with Gasteiger partial charge in [-0.05, 0) is 11.4 Å². The van der Waals surface area contributed by atoms with Crippen LogP contribution in [0.4, 0.5) is 0 Å². The maximum Gasteiger partial charge on any atom is 0.349 e. The van der Waals surface area contributed by atoms with Gasteiger partial charge in [0.2, 0.25) is 10.0 Å². The van der Waals surface area contributed by atoms with E-state index in [-0.39, 0.29) is 9.77 Å². The highest BCUT2D eigenvalue weighted by molar-refractivity contribution is 7.89. The molecule has 106 valence electrons. The highest BCUT2D eigenvalue weighted by Gasteiger charge is 2.26. The van der Waals surface area contributed by atoms with Crippen LogP contribution in [0.3, 0.4) is 0 Å². The van der Waals surface area contributed by atoms with Crippen molar-refractivity contribution in [3.63, 3.8) is 0 Å². The Labute approximate surface area is 112 Å². The summed E-state index contributed by atoms with van der Waals surface area (Å²) in [4.78, 5) is 21.3. The van der Waals surface area contributed by atoms with Crippen molar-refractivity contribution in [2.45, 2.75) is 11.0 Å². The van der Waals surface area contributed by atoms with Crippen LogP contribution in [0, 0.1) is 0 Å². The second-order valence-corrected chi connectivity index (χ2v) is 5.96. The van der Waals surface area contributed by atoms with E-state index in [0.717, 1.165) is 18.4 Å². The number of carboxylic acids is 1. The summed E-state index contributed by atoms with van der Waals surface area (Å²) in [6.07, 6.45) is -1.87. The summed E-state index contributed by atoms with van der Waals surface area (Å²) in [5.41, 5.74) is 0. The molecule has 1 unspecified atom stereocenters. The summed E-state index contributed by atoms with van der Waals surface area (Å²) >= 11 is 0.877. The molecule has 19 heavy (non-hydrogen) atoms. The topological polar surface area (TPSA) is 130 Å². The average molecular weight is 309 g/mol. The zero-order chi connectivity index (χ0) is 14.6. The number of hydrogen-bond donors (Lipinski definition) is 3. The van der Waals surface area contributed by atoms with Gasteiger partial charge in [-0.2, -0.15) is 0 Å². The largest absolute Gasteiger partial charge is 0.479 e. The van der Waals surface area contributed by atoms with Crippen molar-refractivity contribution in [2.24, 2.45) is 0 Å². The second kappa shape index (κ2) is 6.10. The van der Waals surface area contributed by atoms with Crippen LogP contribution >= 0.6 is 11.3 Å². The molecule has 0 aliphatic carbocycles. The molecule has 1 atom stereocenters. The lowest BCUT2D eigenvalue weighted by molar-refractivity contribution is -0.146. The van der Waals surface area contributed by atoms with Gasteiger partial charge in [-0.25, -0.2) is 22.7 Å². The Hall–Kier alpha value is -1.49. The van der Waals surface area contributed by atoms with Gasteiger partial charge in [0.15, 0.2) is 6.10 Å². The Balaban J connectivity index is 2.93. The predicted octanol–water partition coefficient (Wildman–Crippen LogP) is -0.742. The number of sulfonamides is 1. The maximum absolute atomic E-state index is 11.8. The zero-order valence-corrected chi connectivity index (χ0v) is 11.3. The van der Waals surface area contributed by atoms with E-state index in [1.165, 1.54) is 11.4 Å². The first-order chi connectivity index (χ1) is 8.79. The summed E-state index contributed by atoms with van der Waals surface area (Å²) in [5.74, 6) is -2.37. The van der Waals surface area contributed by atoms with Gasteiger partial charge in [-0.15, -0.1) is 11.3 Å². The van der Waals surface area contributed by atoms with Gasteiger partial charge in [0.1, 0.15) is 9.77 Å². The third kappa shape index (κ3) is 3.73. The molecule has 1 aromatic rings. The second-order valence-electron chi connectivity index (χ2n) is 3.31. The number of aliphatic carboxylic acids is 1. The fraction of sp³-hybridized carbons (Fsp3) is 0.333. The molecule has 0 fully saturated rings. The Morgan fingerprint density at radius 2 is 2.16 bits per heavy atom. The van der Waals surface area contributed by atoms with Crippen molar-refractivity contribution < 1.29 is 33.0 Å². The van der Waals surface area contributed by atoms with Crippen LogP contribution in [0.25, 0.3) is 0 Å². The van der Waals surface area contributed by atoms with Gasteiger partial charge in [-0.1, -0.05) is 0 Å². The van der Waals surface area contributed by atoms with Gasteiger partial charge in [-0.3, -0.25) is 0 Å². The zero-order valence-electron chi connectivity index (χ0n) is 9.69. The number of thiophene rings is 1. The van der Waals surface area contributed by atoms with E-state index in [2.05, 4.69) is 4.74 Å². The minimum atomic E-state index is -4.10. The molecule has 10 heteroatoms. The minimum Gasteiger partial charge on any atom is -0.479 e. The Morgan fingerprint density at radius 3 is 2.68 bits per heavy atom. The van der Waals surface area contributed by atoms with Gasteiger partial charge in [0, 0.05) is 6.54 Å². The van der Waals surface area contributed by atoms with E-state index in [1.807, 2.05) is 4.72 Å². The smallest absolute Gasteiger partial charge is 0.349 e. The van der Waals surface area contributed by atoms with Crippen LogP contribution in [0.15, 0.2) is 16.3 Å². The molecule has 1 heterocycles. The lowest BCUT2D eigenvalue weighted by atomic mass is 10.4. The van der Waals surface area contributed by atoms with E-state index >= 15 is 0 Å². The van der Waals surface area contributed by atoms with Gasteiger partial charge < -0.3 is 14.9 Å². The minimum absolute atomic E-state index is 0.125. The standard InChI is InChI=1S/C9H11NO7S2/c1-17-9(14)7-6(2-3-18-7)19(15,16)10-4-5(11)8(12)13/h2-3,5,10-11H,4H2,1H3,(H,12,13). The van der Waals surface area contributed by atoms with Crippen LogP contribution in [0.1, 0.15) is 9.67 Å². The maximum atomic E-state index is 11.8. The lowest BCUT2D eigenvalue weighted by Gasteiger charge is -2.08. The quantitative estimate of drug-likeness (QED) is 0.590. The molecule has 0 aliphatic heterocycles. The van der Waals surface area contributed by atoms with E-state index in [4.69, 9.17) is 10.2 Å². The molecule has 0 saturated heterocycles. The molecular weight excluding hydrogens is 298 g/mol. The number of carbonyl (C=O) groups is 2. The van der Waals surface area contributed by atoms with E-state index in [1.54, 1.807) is 0 Å². The molecule has 0 saturated carbocycles. The van der Waals surface area contributed by atoms with E-state index < -0.39 is 34.6 Å². The molecule has 0 amide bonds. The van der Waals surface area contributed by atoms with E-state index in [9.17, 15) is 18.0 Å². The van der Waals surface area contributed by atoms with Gasteiger partial charge in [0.25, 0.3) is 0 Å². The molecule has 1 rings (SSSR count). The summed E-state index contributed by atoms with van der Waals surface area (Å²) in [5, 5.41) is 18.8. The summed E-state index contributed by atoms with van der Waals surface area (Å²) in [7, 11) is -2.98. The predicted molar refractivity (Wildman–Crippen MR) is 64.5 cm³/mol. The van der Waals surface area contributed by atoms with Crippen molar-refractivity contribution in [3.8, 4) is 0 Å². The Kier molecular flexibility index (Phi) is 5.00. The summed E-state index contributed by atoms with van der Waals surface area (Å²) in [6.45, 7) is -0.700. The van der Waals surface area contributed by atoms with Gasteiger partial charge >= 0.3 is 11.9 Å². The number of carboxylic acid groups (broad SMARTS) is 1. The highest BCUT2D eigenvalue weighted by atomic mass is 32.2. The monoisotopic (exact) mass is 309 g/mol. The molecule has 3 N–H and O–H groups in total. The number of esters is 1. The van der Waals surface area contributed by atoms with Crippen LogP contribution in [-0.4, -0.2) is 50.3 Å². The number of aliphatic hydroxyl groups is 1.